The molecule has 0 spiro atoms. The Balaban J connectivity index is 2.41. The van der Waals surface area contributed by atoms with E-state index in [0.29, 0.717) is 5.92 Å². The van der Waals surface area contributed by atoms with Gasteiger partial charge in [0.2, 0.25) is 0 Å². The molecule has 82 valence electrons. The Kier molecular flexibility index (Phi) is 3.11. The number of fused-ring (bicyclic) bond motifs is 1. The molecule has 0 bridgehead atoms. The zero-order chi connectivity index (χ0) is 10.8. The van der Waals surface area contributed by atoms with Gasteiger partial charge in [0.05, 0.1) is 0 Å². The van der Waals surface area contributed by atoms with E-state index < -0.39 is 0 Å². The molecule has 0 amide bonds. The number of hydrogen-bond acceptors (Lipinski definition) is 1. The number of benzene rings is 1. The fourth-order valence-electron chi connectivity index (χ4n) is 2.98. The van der Waals surface area contributed by atoms with Crippen LogP contribution in [0.2, 0.25) is 0 Å². The number of hydrogen-bond donors (Lipinski definition) is 1. The van der Waals surface area contributed by atoms with Gasteiger partial charge in [0.25, 0.3) is 0 Å². The highest BCUT2D eigenvalue weighted by atomic mass is 14.5. The molecule has 1 aromatic carbocycles. The van der Waals surface area contributed by atoms with Gasteiger partial charge in [0, 0.05) is 0 Å². The Morgan fingerprint density at radius 3 is 2.87 bits per heavy atom. The van der Waals surface area contributed by atoms with Crippen LogP contribution < -0.4 is 5.73 Å². The van der Waals surface area contributed by atoms with Crippen LogP contribution in [0.25, 0.3) is 0 Å². The van der Waals surface area contributed by atoms with Crippen molar-refractivity contribution in [1.29, 1.82) is 0 Å². The Bertz CT molecular complexity index is 343. The van der Waals surface area contributed by atoms with Crippen molar-refractivity contribution < 1.29 is 0 Å². The topological polar surface area (TPSA) is 26.0 Å². The molecule has 1 nitrogen and oxygen atoms in total. The molecule has 0 aromatic heterocycles. The van der Waals surface area contributed by atoms with Crippen molar-refractivity contribution in [2.24, 2.45) is 5.73 Å². The summed E-state index contributed by atoms with van der Waals surface area (Å²) in [5.41, 5.74) is 10.3. The van der Waals surface area contributed by atoms with Crippen LogP contribution >= 0.6 is 0 Å². The molecule has 2 atom stereocenters. The van der Waals surface area contributed by atoms with E-state index in [1.165, 1.54) is 18.4 Å². The van der Waals surface area contributed by atoms with Gasteiger partial charge in [0.15, 0.2) is 0 Å². The van der Waals surface area contributed by atoms with Crippen LogP contribution in [-0.2, 0) is 0 Å². The van der Waals surface area contributed by atoms with Gasteiger partial charge in [-0.2, -0.15) is 0 Å². The van der Waals surface area contributed by atoms with E-state index in [4.69, 9.17) is 5.73 Å². The molecule has 1 aliphatic carbocycles. The van der Waals surface area contributed by atoms with E-state index >= 15 is 0 Å². The predicted molar refractivity (Wildman–Crippen MR) is 65.2 cm³/mol. The summed E-state index contributed by atoms with van der Waals surface area (Å²) in [7, 11) is 0. The number of nitrogens with two attached hydrogens (primary N) is 1. The molecular weight excluding hydrogens is 182 g/mol. The Labute approximate surface area is 92.7 Å². The molecule has 1 heteroatoms. The smallest absolute Gasteiger partial charge is 0.00714 e. The maximum Gasteiger partial charge on any atom is -0.00714 e. The van der Waals surface area contributed by atoms with Gasteiger partial charge >= 0.3 is 0 Å². The van der Waals surface area contributed by atoms with Gasteiger partial charge in [-0.15, -0.1) is 0 Å². The van der Waals surface area contributed by atoms with Crippen molar-refractivity contribution in [2.45, 2.75) is 44.9 Å². The normalized spacial score (nSPS) is 25.0. The first kappa shape index (κ1) is 10.7. The van der Waals surface area contributed by atoms with Crippen molar-refractivity contribution in [3.05, 3.63) is 34.9 Å². The third-order valence-corrected chi connectivity index (χ3v) is 3.75. The van der Waals surface area contributed by atoms with Crippen molar-refractivity contribution in [1.82, 2.24) is 0 Å². The van der Waals surface area contributed by atoms with Crippen molar-refractivity contribution >= 4 is 0 Å². The van der Waals surface area contributed by atoms with E-state index in [-0.39, 0.29) is 0 Å². The highest BCUT2D eigenvalue weighted by Crippen LogP contribution is 2.41. The average Bonchev–Trinajstić information content (AvgIpc) is 2.22. The molecule has 0 aliphatic heterocycles. The number of rotatable bonds is 2. The minimum absolute atomic E-state index is 0.709. The van der Waals surface area contributed by atoms with Gasteiger partial charge in [-0.3, -0.25) is 0 Å². The van der Waals surface area contributed by atoms with Gasteiger partial charge < -0.3 is 5.73 Å². The Morgan fingerprint density at radius 2 is 2.13 bits per heavy atom. The summed E-state index contributed by atoms with van der Waals surface area (Å²) in [6, 6.07) is 6.73. The molecule has 0 saturated heterocycles. The molecule has 0 saturated carbocycles. The molecule has 15 heavy (non-hydrogen) atoms. The summed E-state index contributed by atoms with van der Waals surface area (Å²) in [5, 5.41) is 0. The predicted octanol–water partition coefficient (Wildman–Crippen LogP) is 3.32. The zero-order valence-electron chi connectivity index (χ0n) is 9.79. The molecule has 0 radical (unpaired) electrons. The summed E-state index contributed by atoms with van der Waals surface area (Å²) in [4.78, 5) is 0. The monoisotopic (exact) mass is 203 g/mol. The van der Waals surface area contributed by atoms with Crippen LogP contribution in [0.1, 0.15) is 54.7 Å². The molecule has 2 N–H and O–H groups in total. The lowest BCUT2D eigenvalue weighted by atomic mass is 9.74. The fourth-order valence-corrected chi connectivity index (χ4v) is 2.98. The minimum atomic E-state index is 0.709. The quantitative estimate of drug-likeness (QED) is 0.784. The minimum Gasteiger partial charge on any atom is -0.330 e. The molecule has 2 unspecified atom stereocenters. The molecule has 0 heterocycles. The van der Waals surface area contributed by atoms with E-state index in [2.05, 4.69) is 32.0 Å². The lowest BCUT2D eigenvalue weighted by Crippen LogP contribution is -2.16. The molecule has 0 fully saturated rings. The summed E-state index contributed by atoms with van der Waals surface area (Å²) in [6.07, 6.45) is 3.78. The zero-order valence-corrected chi connectivity index (χ0v) is 9.79. The SMILES string of the molecule is Cc1cccc2c1C(C)CCC2CCN. The summed E-state index contributed by atoms with van der Waals surface area (Å²) >= 11 is 0. The van der Waals surface area contributed by atoms with Crippen LogP contribution in [0, 0.1) is 6.92 Å². The largest absolute Gasteiger partial charge is 0.330 e. The van der Waals surface area contributed by atoms with Crippen LogP contribution in [0.3, 0.4) is 0 Å². The Morgan fingerprint density at radius 1 is 1.33 bits per heavy atom. The highest BCUT2D eigenvalue weighted by Gasteiger charge is 2.24. The van der Waals surface area contributed by atoms with Gasteiger partial charge in [0.1, 0.15) is 0 Å². The summed E-state index contributed by atoms with van der Waals surface area (Å²) in [6.45, 7) is 5.40. The molecule has 1 aromatic rings. The van der Waals surface area contributed by atoms with Gasteiger partial charge in [-0.25, -0.2) is 0 Å². The van der Waals surface area contributed by atoms with E-state index in [0.717, 1.165) is 18.9 Å². The van der Waals surface area contributed by atoms with Gasteiger partial charge in [-0.1, -0.05) is 25.1 Å². The highest BCUT2D eigenvalue weighted by molar-refractivity contribution is 5.41. The molecule has 1 aliphatic rings. The average molecular weight is 203 g/mol. The third-order valence-electron chi connectivity index (χ3n) is 3.75. The first-order chi connectivity index (χ1) is 7.24. The summed E-state index contributed by atoms with van der Waals surface area (Å²) < 4.78 is 0. The first-order valence-electron chi connectivity index (χ1n) is 6.03. The standard InChI is InChI=1S/C14H21N/c1-10-4-3-5-13-12(8-9-15)7-6-11(2)14(10)13/h3-5,11-12H,6-9,15H2,1-2H3. The van der Waals surface area contributed by atoms with Crippen molar-refractivity contribution in [3.8, 4) is 0 Å². The number of aryl methyl sites for hydroxylation is 1. The maximum absolute atomic E-state index is 5.69. The molecule has 2 rings (SSSR count). The fraction of sp³-hybridized carbons (Fsp3) is 0.571. The van der Waals surface area contributed by atoms with Crippen LogP contribution in [0.5, 0.6) is 0 Å². The van der Waals surface area contributed by atoms with Crippen molar-refractivity contribution in [2.75, 3.05) is 6.54 Å². The maximum atomic E-state index is 5.69. The second-order valence-corrected chi connectivity index (χ2v) is 4.83. The third kappa shape index (κ3) is 1.93. The second-order valence-electron chi connectivity index (χ2n) is 4.83. The lowest BCUT2D eigenvalue weighted by molar-refractivity contribution is 0.482. The lowest BCUT2D eigenvalue weighted by Gasteiger charge is -2.31. The Hall–Kier alpha value is -0.820. The van der Waals surface area contributed by atoms with Crippen molar-refractivity contribution in [3.63, 3.8) is 0 Å². The van der Waals surface area contributed by atoms with Crippen LogP contribution in [0.4, 0.5) is 0 Å². The van der Waals surface area contributed by atoms with E-state index in [9.17, 15) is 0 Å². The molecular formula is C14H21N. The van der Waals surface area contributed by atoms with Crippen LogP contribution in [-0.4, -0.2) is 6.54 Å². The summed E-state index contributed by atoms with van der Waals surface area (Å²) in [5.74, 6) is 1.44. The van der Waals surface area contributed by atoms with E-state index in [1.54, 1.807) is 11.1 Å². The first-order valence-corrected chi connectivity index (χ1v) is 6.03. The second kappa shape index (κ2) is 4.36. The van der Waals surface area contributed by atoms with Gasteiger partial charge in [-0.05, 0) is 61.3 Å². The van der Waals surface area contributed by atoms with Crippen LogP contribution in [0.15, 0.2) is 18.2 Å². The van der Waals surface area contributed by atoms with E-state index in [1.807, 2.05) is 0 Å².